The van der Waals surface area contributed by atoms with Crippen LogP contribution in [-0.2, 0) is 11.2 Å². The van der Waals surface area contributed by atoms with E-state index in [4.69, 9.17) is 4.74 Å². The molecule has 110 valence electrons. The van der Waals surface area contributed by atoms with Gasteiger partial charge < -0.3 is 14.5 Å². The minimum Gasteiger partial charge on any atom is -0.380 e. The molecule has 0 aliphatic carbocycles. The molecule has 1 aromatic rings. The molecule has 3 rings (SSSR count). The second-order valence-electron chi connectivity index (χ2n) is 6.78. The van der Waals surface area contributed by atoms with Gasteiger partial charge in [-0.1, -0.05) is 30.3 Å². The van der Waals surface area contributed by atoms with Crippen molar-refractivity contribution >= 4 is 0 Å². The fraction of sp³-hybridized carbons (Fsp3) is 0.647. The van der Waals surface area contributed by atoms with E-state index in [9.17, 15) is 0 Å². The number of fused-ring (bicyclic) bond motifs is 1. The van der Waals surface area contributed by atoms with Crippen molar-refractivity contribution in [1.29, 1.82) is 0 Å². The van der Waals surface area contributed by atoms with Crippen LogP contribution in [0, 0.1) is 11.3 Å². The minimum absolute atomic E-state index is 0.375. The Bertz CT molecular complexity index is 434. The summed E-state index contributed by atoms with van der Waals surface area (Å²) in [5, 5.41) is 0. The van der Waals surface area contributed by atoms with Crippen LogP contribution < -0.4 is 0 Å². The molecule has 2 atom stereocenters. The summed E-state index contributed by atoms with van der Waals surface area (Å²) >= 11 is 0. The topological polar surface area (TPSA) is 15.7 Å². The monoisotopic (exact) mass is 274 g/mol. The smallest absolute Gasteiger partial charge is 0.0551 e. The molecule has 0 aromatic heterocycles. The molecule has 3 nitrogen and oxygen atoms in total. The van der Waals surface area contributed by atoms with E-state index in [0.29, 0.717) is 5.41 Å². The van der Waals surface area contributed by atoms with Gasteiger partial charge in [0, 0.05) is 37.5 Å². The first kappa shape index (κ1) is 14.1. The Morgan fingerprint density at radius 2 is 2.10 bits per heavy atom. The van der Waals surface area contributed by atoms with E-state index in [-0.39, 0.29) is 0 Å². The van der Waals surface area contributed by atoms with E-state index >= 15 is 0 Å². The summed E-state index contributed by atoms with van der Waals surface area (Å²) in [6.07, 6.45) is 1.16. The van der Waals surface area contributed by atoms with Crippen molar-refractivity contribution < 1.29 is 4.74 Å². The Morgan fingerprint density at radius 3 is 2.85 bits per heavy atom. The van der Waals surface area contributed by atoms with Gasteiger partial charge in [-0.15, -0.1) is 0 Å². The predicted molar refractivity (Wildman–Crippen MR) is 81.9 cm³/mol. The third-order valence-electron chi connectivity index (χ3n) is 4.78. The van der Waals surface area contributed by atoms with Crippen LogP contribution in [0.25, 0.3) is 0 Å². The Balaban J connectivity index is 1.58. The lowest BCUT2D eigenvalue weighted by Gasteiger charge is -2.30. The zero-order chi connectivity index (χ0) is 14.0. The lowest BCUT2D eigenvalue weighted by Crippen LogP contribution is -2.40. The van der Waals surface area contributed by atoms with Crippen molar-refractivity contribution in [2.24, 2.45) is 11.3 Å². The molecule has 2 heterocycles. The molecular formula is C17H26N2O. The number of nitrogens with zero attached hydrogens (tertiary/aromatic N) is 2. The lowest BCUT2D eigenvalue weighted by atomic mass is 9.81. The van der Waals surface area contributed by atoms with Gasteiger partial charge in [-0.2, -0.15) is 0 Å². The van der Waals surface area contributed by atoms with Crippen molar-refractivity contribution in [3.8, 4) is 0 Å². The highest BCUT2D eigenvalue weighted by molar-refractivity contribution is 5.15. The van der Waals surface area contributed by atoms with Crippen LogP contribution in [0.4, 0.5) is 0 Å². The average molecular weight is 274 g/mol. The van der Waals surface area contributed by atoms with E-state index in [1.54, 1.807) is 0 Å². The normalized spacial score (nSPS) is 30.1. The first-order valence-corrected chi connectivity index (χ1v) is 7.67. The van der Waals surface area contributed by atoms with Gasteiger partial charge in [0.15, 0.2) is 0 Å². The van der Waals surface area contributed by atoms with Crippen LogP contribution in [0.2, 0.25) is 0 Å². The quantitative estimate of drug-likeness (QED) is 0.813. The van der Waals surface area contributed by atoms with Crippen molar-refractivity contribution in [2.75, 3.05) is 53.5 Å². The summed E-state index contributed by atoms with van der Waals surface area (Å²) in [6.45, 7) is 6.63. The molecule has 0 amide bonds. The van der Waals surface area contributed by atoms with Crippen molar-refractivity contribution in [3.63, 3.8) is 0 Å². The Labute approximate surface area is 122 Å². The summed E-state index contributed by atoms with van der Waals surface area (Å²) in [5.41, 5.74) is 1.82. The highest BCUT2D eigenvalue weighted by Crippen LogP contribution is 2.41. The van der Waals surface area contributed by atoms with Crippen molar-refractivity contribution in [2.45, 2.75) is 6.42 Å². The summed E-state index contributed by atoms with van der Waals surface area (Å²) < 4.78 is 5.77. The van der Waals surface area contributed by atoms with Crippen molar-refractivity contribution in [3.05, 3.63) is 35.9 Å². The molecule has 0 unspecified atom stereocenters. The zero-order valence-electron chi connectivity index (χ0n) is 12.7. The summed E-state index contributed by atoms with van der Waals surface area (Å²) in [6, 6.07) is 10.8. The van der Waals surface area contributed by atoms with Gasteiger partial charge in [0.1, 0.15) is 0 Å². The van der Waals surface area contributed by atoms with Crippen LogP contribution in [0.1, 0.15) is 5.56 Å². The maximum atomic E-state index is 5.77. The van der Waals surface area contributed by atoms with E-state index in [2.05, 4.69) is 54.2 Å². The molecule has 3 heteroatoms. The van der Waals surface area contributed by atoms with Gasteiger partial charge in [0.05, 0.1) is 13.2 Å². The number of hydrogen-bond donors (Lipinski definition) is 0. The highest BCUT2D eigenvalue weighted by Gasteiger charge is 2.50. The summed E-state index contributed by atoms with van der Waals surface area (Å²) in [5.74, 6) is 0.723. The first-order valence-electron chi connectivity index (χ1n) is 7.67. The average Bonchev–Trinajstić information content (AvgIpc) is 2.93. The fourth-order valence-corrected chi connectivity index (χ4v) is 3.90. The second kappa shape index (κ2) is 5.84. The Morgan fingerprint density at radius 1 is 1.30 bits per heavy atom. The van der Waals surface area contributed by atoms with Gasteiger partial charge in [-0.3, -0.25) is 0 Å². The third-order valence-corrected chi connectivity index (χ3v) is 4.78. The van der Waals surface area contributed by atoms with Crippen LogP contribution in [-0.4, -0.2) is 63.3 Å². The van der Waals surface area contributed by atoms with E-state index in [0.717, 1.165) is 32.1 Å². The van der Waals surface area contributed by atoms with Gasteiger partial charge in [-0.05, 0) is 26.1 Å². The molecule has 0 radical (unpaired) electrons. The van der Waals surface area contributed by atoms with Crippen LogP contribution in [0.15, 0.2) is 30.3 Å². The number of benzene rings is 1. The molecule has 1 aromatic carbocycles. The van der Waals surface area contributed by atoms with Crippen LogP contribution >= 0.6 is 0 Å². The molecule has 0 N–H and O–H groups in total. The lowest BCUT2D eigenvalue weighted by molar-refractivity contribution is 0.111. The zero-order valence-corrected chi connectivity index (χ0v) is 12.7. The van der Waals surface area contributed by atoms with Gasteiger partial charge in [0.2, 0.25) is 0 Å². The van der Waals surface area contributed by atoms with Crippen LogP contribution in [0.5, 0.6) is 0 Å². The largest absolute Gasteiger partial charge is 0.380 e. The summed E-state index contributed by atoms with van der Waals surface area (Å²) in [7, 11) is 4.35. The van der Waals surface area contributed by atoms with Gasteiger partial charge >= 0.3 is 0 Å². The molecule has 2 saturated heterocycles. The molecule has 0 bridgehead atoms. The Hall–Kier alpha value is -0.900. The number of ether oxygens (including phenoxy) is 1. The number of hydrogen-bond acceptors (Lipinski definition) is 3. The van der Waals surface area contributed by atoms with E-state index in [1.165, 1.54) is 25.2 Å². The highest BCUT2D eigenvalue weighted by atomic mass is 16.5. The predicted octanol–water partition coefficient (Wildman–Crippen LogP) is 1.74. The van der Waals surface area contributed by atoms with Crippen LogP contribution in [0.3, 0.4) is 0 Å². The molecule has 0 spiro atoms. The molecule has 0 saturated carbocycles. The maximum absolute atomic E-state index is 5.77. The van der Waals surface area contributed by atoms with E-state index in [1.807, 2.05) is 0 Å². The molecule has 2 aliphatic heterocycles. The minimum atomic E-state index is 0.375. The molecule has 2 fully saturated rings. The van der Waals surface area contributed by atoms with Gasteiger partial charge in [0.25, 0.3) is 0 Å². The number of rotatable bonds is 5. The van der Waals surface area contributed by atoms with E-state index < -0.39 is 0 Å². The third kappa shape index (κ3) is 2.90. The number of likely N-dealkylation sites (tertiary alicyclic amines) is 1. The fourth-order valence-electron chi connectivity index (χ4n) is 3.90. The van der Waals surface area contributed by atoms with Gasteiger partial charge in [-0.25, -0.2) is 0 Å². The first-order chi connectivity index (χ1) is 9.68. The SMILES string of the molecule is CN(C)C[C@]12COC[C@H]1CN(CCc1ccccc1)C2. The molecular weight excluding hydrogens is 248 g/mol. The second-order valence-corrected chi connectivity index (χ2v) is 6.78. The molecule has 2 aliphatic rings. The summed E-state index contributed by atoms with van der Waals surface area (Å²) in [4.78, 5) is 4.96. The Kier molecular flexibility index (Phi) is 4.11. The van der Waals surface area contributed by atoms with Crippen molar-refractivity contribution in [1.82, 2.24) is 9.80 Å². The maximum Gasteiger partial charge on any atom is 0.0551 e. The standard InChI is InChI=1S/C17H26N2O/c1-18(2)12-17-13-19(10-16(17)11-20-14-17)9-8-15-6-4-3-5-7-15/h3-7,16H,8-14H2,1-2H3/t16-,17+/m1/s1. The molecule has 20 heavy (non-hydrogen) atoms.